The average Bonchev–Trinajstić information content (AvgIpc) is 2.34. The summed E-state index contributed by atoms with van der Waals surface area (Å²) in [7, 11) is 0. The number of piperidine rings is 1. The van der Waals surface area contributed by atoms with Crippen LogP contribution >= 0.6 is 15.9 Å². The van der Waals surface area contributed by atoms with Crippen molar-refractivity contribution >= 4 is 15.9 Å². The van der Waals surface area contributed by atoms with Crippen LogP contribution in [0.4, 0.5) is 4.39 Å². The molecule has 0 spiro atoms. The van der Waals surface area contributed by atoms with Gasteiger partial charge in [-0.25, -0.2) is 4.39 Å². The Hall–Kier alpha value is -0.450. The van der Waals surface area contributed by atoms with Crippen molar-refractivity contribution in [3.63, 3.8) is 0 Å². The molecular formula is C14H20BrFN2. The first-order valence-corrected chi connectivity index (χ1v) is 7.28. The van der Waals surface area contributed by atoms with Gasteiger partial charge in [0.25, 0.3) is 0 Å². The third kappa shape index (κ3) is 3.31. The second-order valence-electron chi connectivity index (χ2n) is 5.17. The van der Waals surface area contributed by atoms with E-state index in [0.29, 0.717) is 12.5 Å². The summed E-state index contributed by atoms with van der Waals surface area (Å²) in [6.07, 6.45) is 2.23. The van der Waals surface area contributed by atoms with Gasteiger partial charge in [0.1, 0.15) is 5.82 Å². The fourth-order valence-electron chi connectivity index (χ4n) is 2.54. The second kappa shape index (κ2) is 6.13. The van der Waals surface area contributed by atoms with E-state index in [0.717, 1.165) is 36.0 Å². The molecule has 1 unspecified atom stereocenters. The van der Waals surface area contributed by atoms with E-state index < -0.39 is 0 Å². The van der Waals surface area contributed by atoms with Crippen molar-refractivity contribution in [3.05, 3.63) is 34.1 Å². The zero-order valence-corrected chi connectivity index (χ0v) is 12.3. The molecule has 1 aliphatic rings. The predicted octanol–water partition coefficient (Wildman–Crippen LogP) is 3.15. The van der Waals surface area contributed by atoms with Gasteiger partial charge in [-0.1, -0.05) is 22.0 Å². The first-order valence-electron chi connectivity index (χ1n) is 6.48. The minimum absolute atomic E-state index is 0.126. The van der Waals surface area contributed by atoms with Gasteiger partial charge in [-0.2, -0.15) is 0 Å². The maximum Gasteiger partial charge on any atom is 0.128 e. The maximum atomic E-state index is 13.7. The molecule has 1 aromatic rings. The first-order chi connectivity index (χ1) is 8.58. The second-order valence-corrected chi connectivity index (χ2v) is 6.03. The van der Waals surface area contributed by atoms with Crippen molar-refractivity contribution in [2.24, 2.45) is 11.7 Å². The Morgan fingerprint density at radius 3 is 2.67 bits per heavy atom. The summed E-state index contributed by atoms with van der Waals surface area (Å²) in [5.74, 6) is 0.490. The van der Waals surface area contributed by atoms with Crippen LogP contribution in [0.15, 0.2) is 22.7 Å². The molecule has 2 nitrogen and oxygen atoms in total. The average molecular weight is 315 g/mol. The largest absolute Gasteiger partial charge is 0.328 e. The van der Waals surface area contributed by atoms with Gasteiger partial charge in [0.2, 0.25) is 0 Å². The van der Waals surface area contributed by atoms with Gasteiger partial charge in [0.15, 0.2) is 0 Å². The molecule has 0 aliphatic carbocycles. The monoisotopic (exact) mass is 314 g/mol. The van der Waals surface area contributed by atoms with Crippen LogP contribution in [-0.4, -0.2) is 24.0 Å². The highest BCUT2D eigenvalue weighted by molar-refractivity contribution is 9.10. The molecular weight excluding hydrogens is 295 g/mol. The van der Waals surface area contributed by atoms with E-state index in [1.54, 1.807) is 6.07 Å². The zero-order valence-electron chi connectivity index (χ0n) is 10.7. The predicted molar refractivity (Wildman–Crippen MR) is 75.8 cm³/mol. The van der Waals surface area contributed by atoms with Crippen LogP contribution in [0.2, 0.25) is 0 Å². The van der Waals surface area contributed by atoms with E-state index in [-0.39, 0.29) is 11.9 Å². The van der Waals surface area contributed by atoms with E-state index in [9.17, 15) is 4.39 Å². The normalized spacial score (nSPS) is 20.0. The lowest BCUT2D eigenvalue weighted by Crippen LogP contribution is -2.39. The molecule has 0 saturated carbocycles. The molecule has 1 aromatic carbocycles. The van der Waals surface area contributed by atoms with Crippen molar-refractivity contribution in [1.29, 1.82) is 0 Å². The van der Waals surface area contributed by atoms with Gasteiger partial charge in [-0.15, -0.1) is 0 Å². The SMILES string of the molecule is CC(N)C1CCN(Cc2c(F)cccc2Br)CC1. The van der Waals surface area contributed by atoms with Gasteiger partial charge >= 0.3 is 0 Å². The summed E-state index contributed by atoms with van der Waals surface area (Å²) in [5, 5.41) is 0. The number of hydrogen-bond donors (Lipinski definition) is 1. The van der Waals surface area contributed by atoms with Crippen LogP contribution in [0.5, 0.6) is 0 Å². The highest BCUT2D eigenvalue weighted by Crippen LogP contribution is 2.25. The Labute approximate surface area is 116 Å². The first kappa shape index (κ1) is 14.0. The molecule has 2 N–H and O–H groups in total. The van der Waals surface area contributed by atoms with E-state index in [2.05, 4.69) is 27.8 Å². The smallest absolute Gasteiger partial charge is 0.128 e. The molecule has 0 radical (unpaired) electrons. The topological polar surface area (TPSA) is 29.3 Å². The molecule has 4 heteroatoms. The third-order valence-electron chi connectivity index (χ3n) is 3.82. The molecule has 0 aromatic heterocycles. The van der Waals surface area contributed by atoms with Crippen LogP contribution in [0.1, 0.15) is 25.3 Å². The summed E-state index contributed by atoms with van der Waals surface area (Å²) in [6.45, 7) is 4.77. The summed E-state index contributed by atoms with van der Waals surface area (Å²) in [5.41, 5.74) is 6.69. The Morgan fingerprint density at radius 1 is 1.44 bits per heavy atom. The lowest BCUT2D eigenvalue weighted by atomic mass is 9.91. The molecule has 1 fully saturated rings. The molecule has 0 amide bonds. The van der Waals surface area contributed by atoms with Crippen molar-refractivity contribution in [2.75, 3.05) is 13.1 Å². The minimum Gasteiger partial charge on any atom is -0.328 e. The highest BCUT2D eigenvalue weighted by atomic mass is 79.9. The summed E-state index contributed by atoms with van der Waals surface area (Å²) < 4.78 is 14.6. The van der Waals surface area contributed by atoms with Crippen molar-refractivity contribution < 1.29 is 4.39 Å². The van der Waals surface area contributed by atoms with Crippen LogP contribution in [0, 0.1) is 11.7 Å². The molecule has 2 rings (SSSR count). The van der Waals surface area contributed by atoms with Crippen LogP contribution < -0.4 is 5.73 Å². The van der Waals surface area contributed by atoms with Crippen molar-refractivity contribution in [3.8, 4) is 0 Å². The number of likely N-dealkylation sites (tertiary alicyclic amines) is 1. The number of hydrogen-bond acceptors (Lipinski definition) is 2. The highest BCUT2D eigenvalue weighted by Gasteiger charge is 2.22. The van der Waals surface area contributed by atoms with E-state index in [1.165, 1.54) is 6.07 Å². The minimum atomic E-state index is -0.126. The van der Waals surface area contributed by atoms with Crippen LogP contribution in [-0.2, 0) is 6.54 Å². The van der Waals surface area contributed by atoms with Gasteiger partial charge in [0.05, 0.1) is 0 Å². The van der Waals surface area contributed by atoms with E-state index in [1.807, 2.05) is 6.07 Å². The lowest BCUT2D eigenvalue weighted by molar-refractivity contribution is 0.164. The Bertz CT molecular complexity index is 381. The fraction of sp³-hybridized carbons (Fsp3) is 0.571. The van der Waals surface area contributed by atoms with Crippen molar-refractivity contribution in [1.82, 2.24) is 4.90 Å². The zero-order chi connectivity index (χ0) is 13.1. The summed E-state index contributed by atoms with van der Waals surface area (Å²) in [4.78, 5) is 2.31. The number of nitrogens with zero attached hydrogens (tertiary/aromatic N) is 1. The van der Waals surface area contributed by atoms with Gasteiger partial charge in [-0.3, -0.25) is 4.90 Å². The standard InChI is InChI=1S/C14H20BrFN2/c1-10(17)11-5-7-18(8-6-11)9-12-13(15)3-2-4-14(12)16/h2-4,10-11H,5-9,17H2,1H3. The lowest BCUT2D eigenvalue weighted by Gasteiger charge is -2.33. The van der Waals surface area contributed by atoms with Gasteiger partial charge in [0, 0.05) is 22.6 Å². The number of halogens is 2. The van der Waals surface area contributed by atoms with Crippen molar-refractivity contribution in [2.45, 2.75) is 32.4 Å². The number of nitrogens with two attached hydrogens (primary N) is 1. The fourth-order valence-corrected chi connectivity index (χ4v) is 3.01. The summed E-state index contributed by atoms with van der Waals surface area (Å²) >= 11 is 3.42. The molecule has 100 valence electrons. The molecule has 1 saturated heterocycles. The molecule has 1 aliphatic heterocycles. The Morgan fingerprint density at radius 2 is 2.11 bits per heavy atom. The van der Waals surface area contributed by atoms with Gasteiger partial charge in [-0.05, 0) is 50.9 Å². The van der Waals surface area contributed by atoms with E-state index >= 15 is 0 Å². The molecule has 1 heterocycles. The molecule has 18 heavy (non-hydrogen) atoms. The maximum absolute atomic E-state index is 13.7. The van der Waals surface area contributed by atoms with Crippen LogP contribution in [0.25, 0.3) is 0 Å². The Balaban J connectivity index is 1.96. The molecule has 1 atom stereocenters. The summed E-state index contributed by atoms with van der Waals surface area (Å²) in [6, 6.07) is 5.42. The molecule has 0 bridgehead atoms. The van der Waals surface area contributed by atoms with E-state index in [4.69, 9.17) is 5.73 Å². The third-order valence-corrected chi connectivity index (χ3v) is 4.56. The number of benzene rings is 1. The quantitative estimate of drug-likeness (QED) is 0.928. The van der Waals surface area contributed by atoms with Crippen LogP contribution in [0.3, 0.4) is 0 Å². The van der Waals surface area contributed by atoms with Gasteiger partial charge < -0.3 is 5.73 Å². The Kier molecular flexibility index (Phi) is 4.76. The number of rotatable bonds is 3.